The molecule has 1 aliphatic heterocycles. The lowest BCUT2D eigenvalue weighted by Crippen LogP contribution is -2.54. The molecule has 7 heteroatoms. The molecule has 1 aromatic heterocycles. The van der Waals surface area contributed by atoms with Crippen LogP contribution in [0.5, 0.6) is 0 Å². The first kappa shape index (κ1) is 22.4. The molecular weight excluding hydrogens is 374 g/mol. The van der Waals surface area contributed by atoms with Gasteiger partial charge >= 0.3 is 0 Å². The summed E-state index contributed by atoms with van der Waals surface area (Å²) >= 11 is 1.36. The van der Waals surface area contributed by atoms with Crippen molar-refractivity contribution < 1.29 is 14.4 Å². The number of hydrogen-bond acceptors (Lipinski definition) is 4. The minimum Gasteiger partial charge on any atom is -0.354 e. The molecule has 1 fully saturated rings. The van der Waals surface area contributed by atoms with Gasteiger partial charge in [-0.05, 0) is 42.0 Å². The lowest BCUT2D eigenvalue weighted by molar-refractivity contribution is -0.134. The quantitative estimate of drug-likeness (QED) is 0.729. The fourth-order valence-electron chi connectivity index (χ4n) is 3.42. The predicted octanol–water partition coefficient (Wildman–Crippen LogP) is 3.05. The van der Waals surface area contributed by atoms with E-state index in [1.165, 1.54) is 11.3 Å². The van der Waals surface area contributed by atoms with Gasteiger partial charge in [-0.1, -0.05) is 33.8 Å². The summed E-state index contributed by atoms with van der Waals surface area (Å²) < 4.78 is 0. The first-order chi connectivity index (χ1) is 13.2. The third-order valence-corrected chi connectivity index (χ3v) is 5.78. The monoisotopic (exact) mass is 407 g/mol. The molecule has 2 heterocycles. The molecule has 0 bridgehead atoms. The third-order valence-electron chi connectivity index (χ3n) is 4.91. The molecule has 2 rings (SSSR count). The van der Waals surface area contributed by atoms with Crippen LogP contribution >= 0.6 is 11.3 Å². The SMILES string of the molecule is CCCNC(=O)C(NC(=O)c1cccs1)C1CCN(C(=O)CC(C)(C)C)CC1. The number of carbonyl (C=O) groups is 3. The largest absolute Gasteiger partial charge is 0.354 e. The topological polar surface area (TPSA) is 78.5 Å². The Bertz CT molecular complexity index is 659. The van der Waals surface area contributed by atoms with Crippen molar-refractivity contribution in [3.63, 3.8) is 0 Å². The highest BCUT2D eigenvalue weighted by Crippen LogP contribution is 2.25. The second-order valence-corrected chi connectivity index (χ2v) is 9.62. The molecule has 2 N–H and O–H groups in total. The van der Waals surface area contributed by atoms with Gasteiger partial charge in [-0.15, -0.1) is 11.3 Å². The summed E-state index contributed by atoms with van der Waals surface area (Å²) in [5.41, 5.74) is -0.0365. The van der Waals surface area contributed by atoms with Gasteiger partial charge in [-0.25, -0.2) is 0 Å². The molecule has 1 atom stereocenters. The Morgan fingerprint density at radius 3 is 2.46 bits per heavy atom. The number of hydrogen-bond donors (Lipinski definition) is 2. The van der Waals surface area contributed by atoms with E-state index in [1.807, 2.05) is 23.3 Å². The van der Waals surface area contributed by atoms with E-state index in [1.54, 1.807) is 6.07 Å². The van der Waals surface area contributed by atoms with Crippen LogP contribution in [-0.4, -0.2) is 48.3 Å². The van der Waals surface area contributed by atoms with Crippen molar-refractivity contribution in [3.8, 4) is 0 Å². The Balaban J connectivity index is 2.00. The van der Waals surface area contributed by atoms with Gasteiger partial charge in [-0.3, -0.25) is 14.4 Å². The van der Waals surface area contributed by atoms with E-state index in [4.69, 9.17) is 0 Å². The number of carbonyl (C=O) groups excluding carboxylic acids is 3. The molecule has 1 aliphatic rings. The number of thiophene rings is 1. The van der Waals surface area contributed by atoms with E-state index < -0.39 is 6.04 Å². The van der Waals surface area contributed by atoms with Crippen molar-refractivity contribution in [2.75, 3.05) is 19.6 Å². The maximum Gasteiger partial charge on any atom is 0.262 e. The van der Waals surface area contributed by atoms with Gasteiger partial charge in [0.1, 0.15) is 6.04 Å². The molecular formula is C21H33N3O3S. The second-order valence-electron chi connectivity index (χ2n) is 8.68. The van der Waals surface area contributed by atoms with Crippen LogP contribution in [-0.2, 0) is 9.59 Å². The van der Waals surface area contributed by atoms with Gasteiger partial charge in [-0.2, -0.15) is 0 Å². The Labute approximate surface area is 172 Å². The van der Waals surface area contributed by atoms with Crippen molar-refractivity contribution in [1.29, 1.82) is 0 Å². The standard InChI is InChI=1S/C21H33N3O3S/c1-5-10-22-20(27)18(23-19(26)16-7-6-13-28-16)15-8-11-24(12-9-15)17(25)14-21(2,3)4/h6-7,13,15,18H,5,8-12,14H2,1-4H3,(H,22,27)(H,23,26). The highest BCUT2D eigenvalue weighted by molar-refractivity contribution is 7.12. The molecule has 1 saturated heterocycles. The van der Waals surface area contributed by atoms with Crippen LogP contribution in [0, 0.1) is 11.3 Å². The van der Waals surface area contributed by atoms with Crippen LogP contribution in [0.15, 0.2) is 17.5 Å². The minimum atomic E-state index is -0.569. The Morgan fingerprint density at radius 2 is 1.93 bits per heavy atom. The molecule has 3 amide bonds. The summed E-state index contributed by atoms with van der Waals surface area (Å²) in [6.07, 6.45) is 2.79. The van der Waals surface area contributed by atoms with E-state index in [0.717, 1.165) is 6.42 Å². The molecule has 0 radical (unpaired) electrons. The van der Waals surface area contributed by atoms with E-state index in [0.29, 0.717) is 43.8 Å². The molecule has 1 aromatic rings. The maximum atomic E-state index is 12.7. The molecule has 0 spiro atoms. The highest BCUT2D eigenvalue weighted by atomic mass is 32.1. The molecule has 6 nitrogen and oxygen atoms in total. The van der Waals surface area contributed by atoms with E-state index in [-0.39, 0.29) is 29.1 Å². The van der Waals surface area contributed by atoms with Crippen molar-refractivity contribution in [1.82, 2.24) is 15.5 Å². The second kappa shape index (κ2) is 10.0. The predicted molar refractivity (Wildman–Crippen MR) is 112 cm³/mol. The Kier molecular flexibility index (Phi) is 8.04. The van der Waals surface area contributed by atoms with Crippen LogP contribution in [0.3, 0.4) is 0 Å². The summed E-state index contributed by atoms with van der Waals surface area (Å²) in [6, 6.07) is 3.01. The third kappa shape index (κ3) is 6.62. The zero-order chi connectivity index (χ0) is 20.7. The summed E-state index contributed by atoms with van der Waals surface area (Å²) in [5.74, 6) is -0.149. The van der Waals surface area contributed by atoms with Crippen molar-refractivity contribution >= 4 is 29.1 Å². The number of nitrogens with one attached hydrogen (secondary N) is 2. The summed E-state index contributed by atoms with van der Waals surface area (Å²) in [7, 11) is 0. The van der Waals surface area contributed by atoms with Crippen LogP contribution in [0.25, 0.3) is 0 Å². The van der Waals surface area contributed by atoms with Crippen molar-refractivity contribution in [3.05, 3.63) is 22.4 Å². The lowest BCUT2D eigenvalue weighted by atomic mass is 9.87. The van der Waals surface area contributed by atoms with E-state index in [9.17, 15) is 14.4 Å². The van der Waals surface area contributed by atoms with Gasteiger partial charge in [0.15, 0.2) is 0 Å². The van der Waals surface area contributed by atoms with Gasteiger partial charge in [0.25, 0.3) is 5.91 Å². The molecule has 0 aliphatic carbocycles. The fourth-order valence-corrected chi connectivity index (χ4v) is 4.05. The summed E-state index contributed by atoms with van der Waals surface area (Å²) in [4.78, 5) is 40.2. The van der Waals surface area contributed by atoms with Crippen molar-refractivity contribution in [2.45, 2.75) is 59.4 Å². The Hall–Kier alpha value is -1.89. The lowest BCUT2D eigenvalue weighted by Gasteiger charge is -2.36. The fraction of sp³-hybridized carbons (Fsp3) is 0.667. The Morgan fingerprint density at radius 1 is 1.25 bits per heavy atom. The van der Waals surface area contributed by atoms with Gasteiger partial charge in [0.05, 0.1) is 4.88 Å². The van der Waals surface area contributed by atoms with Gasteiger partial charge in [0.2, 0.25) is 11.8 Å². The highest BCUT2D eigenvalue weighted by Gasteiger charge is 2.34. The number of rotatable bonds is 7. The van der Waals surface area contributed by atoms with E-state index in [2.05, 4.69) is 31.4 Å². The van der Waals surface area contributed by atoms with Crippen LogP contribution in [0.4, 0.5) is 0 Å². The smallest absolute Gasteiger partial charge is 0.262 e. The average Bonchev–Trinajstić information content (AvgIpc) is 3.17. The maximum absolute atomic E-state index is 12.7. The number of likely N-dealkylation sites (tertiary alicyclic amines) is 1. The first-order valence-corrected chi connectivity index (χ1v) is 11.0. The molecule has 28 heavy (non-hydrogen) atoms. The molecule has 0 aromatic carbocycles. The van der Waals surface area contributed by atoms with Gasteiger partial charge in [0, 0.05) is 26.1 Å². The van der Waals surface area contributed by atoms with E-state index >= 15 is 0 Å². The van der Waals surface area contributed by atoms with Crippen molar-refractivity contribution in [2.24, 2.45) is 11.3 Å². The summed E-state index contributed by atoms with van der Waals surface area (Å²) in [6.45, 7) is 10.0. The molecule has 0 saturated carbocycles. The zero-order valence-corrected chi connectivity index (χ0v) is 18.2. The van der Waals surface area contributed by atoms with Gasteiger partial charge < -0.3 is 15.5 Å². The minimum absolute atomic E-state index is 0.0273. The van der Waals surface area contributed by atoms with Crippen LogP contribution in [0.2, 0.25) is 0 Å². The molecule has 156 valence electrons. The van der Waals surface area contributed by atoms with Crippen LogP contribution < -0.4 is 10.6 Å². The summed E-state index contributed by atoms with van der Waals surface area (Å²) in [5, 5.41) is 7.70. The zero-order valence-electron chi connectivity index (χ0n) is 17.4. The van der Waals surface area contributed by atoms with Crippen LogP contribution in [0.1, 0.15) is 63.0 Å². The number of nitrogens with zero attached hydrogens (tertiary/aromatic N) is 1. The molecule has 1 unspecified atom stereocenters. The number of amides is 3. The first-order valence-electron chi connectivity index (χ1n) is 10.1. The average molecular weight is 408 g/mol. The number of piperidine rings is 1. The normalized spacial score (nSPS) is 16.5.